The van der Waals surface area contributed by atoms with Crippen LogP contribution >= 0.6 is 11.6 Å². The van der Waals surface area contributed by atoms with Gasteiger partial charge in [0, 0.05) is 18.1 Å². The van der Waals surface area contributed by atoms with Crippen molar-refractivity contribution in [1.29, 1.82) is 0 Å². The maximum atomic E-state index is 12.2. The van der Waals surface area contributed by atoms with Crippen LogP contribution in [0.15, 0.2) is 35.3 Å². The fraction of sp³-hybridized carbons (Fsp3) is 0.235. The molecular weight excluding hydrogens is 328 g/mol. The first-order chi connectivity index (χ1) is 11.5. The first-order valence-electron chi connectivity index (χ1n) is 7.52. The average molecular weight is 345 g/mol. The molecule has 124 valence electrons. The van der Waals surface area contributed by atoms with Gasteiger partial charge in [-0.2, -0.15) is 0 Å². The number of nitrogens with one attached hydrogen (secondary N) is 1. The molecule has 3 aromatic rings. The highest BCUT2D eigenvalue weighted by Gasteiger charge is 2.09. The van der Waals surface area contributed by atoms with Gasteiger partial charge in [-0.25, -0.2) is 9.97 Å². The van der Waals surface area contributed by atoms with Crippen molar-refractivity contribution < 1.29 is 4.74 Å². The van der Waals surface area contributed by atoms with Crippen LogP contribution in [-0.4, -0.2) is 21.1 Å². The van der Waals surface area contributed by atoms with Crippen molar-refractivity contribution in [3.05, 3.63) is 51.7 Å². The Balaban J connectivity index is 2.06. The number of aromatic nitrogens is 3. The second-order valence-corrected chi connectivity index (χ2v) is 5.73. The van der Waals surface area contributed by atoms with Gasteiger partial charge in [-0.15, -0.1) is 0 Å². The minimum absolute atomic E-state index is 0.153. The van der Waals surface area contributed by atoms with Crippen molar-refractivity contribution in [2.24, 2.45) is 7.05 Å². The number of benzene rings is 1. The van der Waals surface area contributed by atoms with E-state index < -0.39 is 0 Å². The highest BCUT2D eigenvalue weighted by Crippen LogP contribution is 2.26. The normalized spacial score (nSPS) is 10.8. The second kappa shape index (κ2) is 6.49. The first-order valence-corrected chi connectivity index (χ1v) is 7.90. The lowest BCUT2D eigenvalue weighted by atomic mass is 10.2. The summed E-state index contributed by atoms with van der Waals surface area (Å²) in [4.78, 5) is 20.6. The summed E-state index contributed by atoms with van der Waals surface area (Å²) < 4.78 is 7.00. The summed E-state index contributed by atoms with van der Waals surface area (Å²) >= 11 is 6.12. The Bertz CT molecular complexity index is 969. The van der Waals surface area contributed by atoms with E-state index in [0.29, 0.717) is 29.0 Å². The number of hydrogen-bond acceptors (Lipinski definition) is 5. The van der Waals surface area contributed by atoms with Crippen LogP contribution in [-0.2, 0) is 7.05 Å². The third-order valence-corrected chi connectivity index (χ3v) is 3.89. The summed E-state index contributed by atoms with van der Waals surface area (Å²) in [7, 11) is 1.73. The zero-order chi connectivity index (χ0) is 17.3. The van der Waals surface area contributed by atoms with Crippen molar-refractivity contribution in [2.75, 3.05) is 11.9 Å². The smallest absolute Gasteiger partial charge is 0.293 e. The number of ether oxygens (including phenoxy) is 1. The maximum absolute atomic E-state index is 12.2. The van der Waals surface area contributed by atoms with E-state index in [0.717, 1.165) is 16.6 Å². The minimum atomic E-state index is -0.153. The zero-order valence-electron chi connectivity index (χ0n) is 13.6. The molecule has 0 fully saturated rings. The van der Waals surface area contributed by atoms with Crippen molar-refractivity contribution in [3.8, 4) is 5.75 Å². The van der Waals surface area contributed by atoms with Crippen LogP contribution in [0.25, 0.3) is 10.9 Å². The largest absolute Gasteiger partial charge is 0.488 e. The Morgan fingerprint density at radius 3 is 2.88 bits per heavy atom. The van der Waals surface area contributed by atoms with Crippen LogP contribution in [0.2, 0.25) is 5.02 Å². The van der Waals surface area contributed by atoms with Gasteiger partial charge in [0.2, 0.25) is 0 Å². The van der Waals surface area contributed by atoms with E-state index in [1.165, 1.54) is 0 Å². The molecule has 0 atom stereocenters. The number of rotatable bonds is 4. The fourth-order valence-electron chi connectivity index (χ4n) is 2.47. The summed E-state index contributed by atoms with van der Waals surface area (Å²) in [6.45, 7) is 4.08. The standard InChI is InChI=1S/C17H17ClN4O2/c1-4-24-15-8-11-7-12(5-6-14(11)22(3)17(15)23)21-16-13(18)9-19-10(2)20-16/h5-9H,4H2,1-3H3,(H,19,20,21). The molecule has 0 saturated carbocycles. The molecule has 0 aliphatic heterocycles. The summed E-state index contributed by atoms with van der Waals surface area (Å²) in [5, 5.41) is 4.50. The Labute approximate surface area is 144 Å². The Hall–Kier alpha value is -2.60. The van der Waals surface area contributed by atoms with E-state index in [2.05, 4.69) is 15.3 Å². The molecule has 2 aromatic heterocycles. The van der Waals surface area contributed by atoms with Gasteiger partial charge in [-0.05, 0) is 38.1 Å². The van der Waals surface area contributed by atoms with Gasteiger partial charge in [0.15, 0.2) is 11.6 Å². The van der Waals surface area contributed by atoms with E-state index in [-0.39, 0.29) is 5.56 Å². The van der Waals surface area contributed by atoms with Crippen LogP contribution in [0.3, 0.4) is 0 Å². The number of aryl methyl sites for hydroxylation is 2. The van der Waals surface area contributed by atoms with Crippen molar-refractivity contribution >= 4 is 34.0 Å². The highest BCUT2D eigenvalue weighted by atomic mass is 35.5. The molecule has 0 amide bonds. The summed E-state index contributed by atoms with van der Waals surface area (Å²) in [6.07, 6.45) is 1.56. The fourth-order valence-corrected chi connectivity index (χ4v) is 2.61. The van der Waals surface area contributed by atoms with Crippen LogP contribution in [0.1, 0.15) is 12.7 Å². The van der Waals surface area contributed by atoms with E-state index >= 15 is 0 Å². The van der Waals surface area contributed by atoms with Gasteiger partial charge in [0.25, 0.3) is 5.56 Å². The molecule has 1 N–H and O–H groups in total. The lowest BCUT2D eigenvalue weighted by Crippen LogP contribution is -2.19. The predicted octanol–water partition coefficient (Wildman–Crippen LogP) is 3.43. The number of fused-ring (bicyclic) bond motifs is 1. The van der Waals surface area contributed by atoms with E-state index in [9.17, 15) is 4.79 Å². The SMILES string of the molecule is CCOc1cc2cc(Nc3nc(C)ncc3Cl)ccc2n(C)c1=O. The average Bonchev–Trinajstić information content (AvgIpc) is 2.56. The number of halogens is 1. The highest BCUT2D eigenvalue weighted by molar-refractivity contribution is 6.32. The van der Waals surface area contributed by atoms with Gasteiger partial charge in [0.1, 0.15) is 10.8 Å². The van der Waals surface area contributed by atoms with E-state index in [4.69, 9.17) is 16.3 Å². The summed E-state index contributed by atoms with van der Waals surface area (Å²) in [5.74, 6) is 1.50. The van der Waals surface area contributed by atoms with Gasteiger partial charge in [0.05, 0.1) is 18.3 Å². The van der Waals surface area contributed by atoms with Crippen LogP contribution in [0.5, 0.6) is 5.75 Å². The van der Waals surface area contributed by atoms with Crippen LogP contribution in [0, 0.1) is 6.92 Å². The molecule has 6 nitrogen and oxygen atoms in total. The molecule has 3 rings (SSSR count). The van der Waals surface area contributed by atoms with Gasteiger partial charge >= 0.3 is 0 Å². The van der Waals surface area contributed by atoms with Crippen LogP contribution < -0.4 is 15.6 Å². The zero-order valence-corrected chi connectivity index (χ0v) is 14.4. The van der Waals surface area contributed by atoms with Crippen LogP contribution in [0.4, 0.5) is 11.5 Å². The Morgan fingerprint density at radius 1 is 1.33 bits per heavy atom. The molecule has 0 saturated heterocycles. The maximum Gasteiger partial charge on any atom is 0.293 e. The quantitative estimate of drug-likeness (QED) is 0.785. The monoisotopic (exact) mass is 344 g/mol. The molecule has 0 aliphatic carbocycles. The molecule has 0 spiro atoms. The number of pyridine rings is 1. The van der Waals surface area contributed by atoms with Gasteiger partial charge < -0.3 is 14.6 Å². The Kier molecular flexibility index (Phi) is 4.40. The third kappa shape index (κ3) is 3.05. The molecule has 7 heteroatoms. The topological polar surface area (TPSA) is 69.0 Å². The Morgan fingerprint density at radius 2 is 2.12 bits per heavy atom. The molecular formula is C17H17ClN4O2. The second-order valence-electron chi connectivity index (χ2n) is 5.32. The molecule has 2 heterocycles. The minimum Gasteiger partial charge on any atom is -0.488 e. The first kappa shape index (κ1) is 16.3. The van der Waals surface area contributed by atoms with E-state index in [1.54, 1.807) is 30.8 Å². The lowest BCUT2D eigenvalue weighted by molar-refractivity contribution is 0.334. The van der Waals surface area contributed by atoms with Crippen molar-refractivity contribution in [2.45, 2.75) is 13.8 Å². The predicted molar refractivity (Wildman–Crippen MR) is 95.4 cm³/mol. The molecule has 0 radical (unpaired) electrons. The van der Waals surface area contributed by atoms with Gasteiger partial charge in [-0.1, -0.05) is 11.6 Å². The number of hydrogen-bond donors (Lipinski definition) is 1. The molecule has 0 aliphatic rings. The lowest BCUT2D eigenvalue weighted by Gasteiger charge is -2.12. The van der Waals surface area contributed by atoms with E-state index in [1.807, 2.05) is 25.1 Å². The summed E-state index contributed by atoms with van der Waals surface area (Å²) in [6, 6.07) is 7.41. The molecule has 0 bridgehead atoms. The molecule has 24 heavy (non-hydrogen) atoms. The third-order valence-electron chi connectivity index (χ3n) is 3.62. The van der Waals surface area contributed by atoms with Gasteiger partial charge in [-0.3, -0.25) is 4.79 Å². The molecule has 1 aromatic carbocycles. The number of anilines is 2. The molecule has 0 unspecified atom stereocenters. The van der Waals surface area contributed by atoms with Crippen molar-refractivity contribution in [1.82, 2.24) is 14.5 Å². The number of nitrogens with zero attached hydrogens (tertiary/aromatic N) is 3. The van der Waals surface area contributed by atoms with Crippen molar-refractivity contribution in [3.63, 3.8) is 0 Å². The summed E-state index contributed by atoms with van der Waals surface area (Å²) in [5.41, 5.74) is 1.47.